The predicted octanol–water partition coefficient (Wildman–Crippen LogP) is 0.801. The molecule has 0 aliphatic carbocycles. The average Bonchev–Trinajstić information content (AvgIpc) is 2.95. The number of ether oxygens (including phenoxy) is 1. The quantitative estimate of drug-likeness (QED) is 0.819. The van der Waals surface area contributed by atoms with Crippen molar-refractivity contribution in [1.29, 1.82) is 5.26 Å². The molecule has 2 aliphatic rings. The molecule has 3 rings (SSSR count). The van der Waals surface area contributed by atoms with Crippen molar-refractivity contribution in [1.82, 2.24) is 14.8 Å². The number of rotatable bonds is 3. The lowest BCUT2D eigenvalue weighted by atomic mass is 10.0. The Morgan fingerprint density at radius 2 is 2.12 bits per heavy atom. The minimum atomic E-state index is -0.208. The molecule has 2 fully saturated rings. The van der Waals surface area contributed by atoms with Gasteiger partial charge in [0.05, 0.1) is 11.5 Å². The molecule has 0 unspecified atom stereocenters. The zero-order valence-corrected chi connectivity index (χ0v) is 13.6. The van der Waals surface area contributed by atoms with Crippen molar-refractivity contribution in [3.63, 3.8) is 0 Å². The highest BCUT2D eigenvalue weighted by Gasteiger charge is 2.36. The van der Waals surface area contributed by atoms with Gasteiger partial charge in [0.2, 0.25) is 17.7 Å². The second kappa shape index (κ2) is 6.87. The summed E-state index contributed by atoms with van der Waals surface area (Å²) in [6, 6.07) is 5.39. The zero-order chi connectivity index (χ0) is 17.1. The number of nitriles is 1. The van der Waals surface area contributed by atoms with Crippen molar-refractivity contribution in [3.8, 4) is 11.9 Å². The smallest absolute Gasteiger partial charge is 0.227 e. The monoisotopic (exact) mass is 328 g/mol. The van der Waals surface area contributed by atoms with Gasteiger partial charge in [0, 0.05) is 58.2 Å². The van der Waals surface area contributed by atoms with E-state index >= 15 is 0 Å². The minimum Gasteiger partial charge on any atom is -0.474 e. The fraction of sp³-hybridized carbons (Fsp3) is 0.529. The lowest BCUT2D eigenvalue weighted by Gasteiger charge is -2.33. The van der Waals surface area contributed by atoms with E-state index in [2.05, 4.69) is 4.98 Å². The summed E-state index contributed by atoms with van der Waals surface area (Å²) < 4.78 is 5.82. The fourth-order valence-corrected chi connectivity index (χ4v) is 3.17. The first-order valence-corrected chi connectivity index (χ1v) is 8.12. The maximum absolute atomic E-state index is 12.5. The SMILES string of the molecule is CN1C[C@H](C(=O)N2CCC(Oc3ccc(C#N)cn3)CC2)CC1=O. The third-order valence-corrected chi connectivity index (χ3v) is 4.60. The van der Waals surface area contributed by atoms with Crippen LogP contribution in [-0.2, 0) is 9.59 Å². The number of hydrogen-bond acceptors (Lipinski definition) is 5. The van der Waals surface area contributed by atoms with Gasteiger partial charge in [-0.1, -0.05) is 0 Å². The van der Waals surface area contributed by atoms with Crippen molar-refractivity contribution >= 4 is 11.8 Å². The van der Waals surface area contributed by atoms with Crippen LogP contribution < -0.4 is 4.74 Å². The second-order valence-corrected chi connectivity index (χ2v) is 6.31. The Morgan fingerprint density at radius 1 is 1.38 bits per heavy atom. The van der Waals surface area contributed by atoms with E-state index in [-0.39, 0.29) is 23.8 Å². The third kappa shape index (κ3) is 3.48. The van der Waals surface area contributed by atoms with Crippen LogP contribution in [-0.4, -0.2) is 59.4 Å². The van der Waals surface area contributed by atoms with Crippen LogP contribution in [0, 0.1) is 17.2 Å². The summed E-state index contributed by atoms with van der Waals surface area (Å²) in [6.45, 7) is 1.78. The van der Waals surface area contributed by atoms with Gasteiger partial charge in [-0.15, -0.1) is 0 Å². The number of aromatic nitrogens is 1. The van der Waals surface area contributed by atoms with Crippen LogP contribution >= 0.6 is 0 Å². The Balaban J connectivity index is 1.49. The molecule has 1 atom stereocenters. The van der Waals surface area contributed by atoms with Gasteiger partial charge >= 0.3 is 0 Å². The molecular weight excluding hydrogens is 308 g/mol. The summed E-state index contributed by atoms with van der Waals surface area (Å²) in [6.07, 6.45) is 3.30. The van der Waals surface area contributed by atoms with Gasteiger partial charge in [0.25, 0.3) is 0 Å². The van der Waals surface area contributed by atoms with Crippen LogP contribution in [0.5, 0.6) is 5.88 Å². The van der Waals surface area contributed by atoms with E-state index in [0.29, 0.717) is 37.5 Å². The Hall–Kier alpha value is -2.62. The highest BCUT2D eigenvalue weighted by Crippen LogP contribution is 2.22. The molecule has 1 aromatic heterocycles. The summed E-state index contributed by atoms with van der Waals surface area (Å²) in [7, 11) is 1.74. The first-order chi connectivity index (χ1) is 11.6. The number of amides is 2. The van der Waals surface area contributed by atoms with Gasteiger partial charge < -0.3 is 14.5 Å². The van der Waals surface area contributed by atoms with Crippen molar-refractivity contribution in [2.75, 3.05) is 26.7 Å². The fourth-order valence-electron chi connectivity index (χ4n) is 3.17. The van der Waals surface area contributed by atoms with Gasteiger partial charge in [-0.25, -0.2) is 4.98 Å². The largest absolute Gasteiger partial charge is 0.474 e. The molecule has 2 aliphatic heterocycles. The van der Waals surface area contributed by atoms with Gasteiger partial charge in [-0.05, 0) is 6.07 Å². The third-order valence-electron chi connectivity index (χ3n) is 4.60. The van der Waals surface area contributed by atoms with E-state index in [0.717, 1.165) is 12.8 Å². The molecule has 0 N–H and O–H groups in total. The van der Waals surface area contributed by atoms with E-state index in [9.17, 15) is 9.59 Å². The number of nitrogens with zero attached hydrogens (tertiary/aromatic N) is 4. The number of hydrogen-bond donors (Lipinski definition) is 0. The molecule has 2 amide bonds. The number of likely N-dealkylation sites (tertiary alicyclic amines) is 2. The summed E-state index contributed by atoms with van der Waals surface area (Å²) in [5.74, 6) is 0.406. The number of carbonyl (C=O) groups excluding carboxylic acids is 2. The predicted molar refractivity (Wildman–Crippen MR) is 84.9 cm³/mol. The molecule has 7 heteroatoms. The lowest BCUT2D eigenvalue weighted by Crippen LogP contribution is -2.44. The Morgan fingerprint density at radius 3 is 2.67 bits per heavy atom. The molecule has 0 aromatic carbocycles. The van der Waals surface area contributed by atoms with E-state index in [1.807, 2.05) is 11.0 Å². The molecule has 0 bridgehead atoms. The molecule has 0 radical (unpaired) electrons. The van der Waals surface area contributed by atoms with Crippen LogP contribution in [0.25, 0.3) is 0 Å². The van der Waals surface area contributed by atoms with Crippen LogP contribution in [0.3, 0.4) is 0 Å². The maximum atomic E-state index is 12.5. The summed E-state index contributed by atoms with van der Waals surface area (Å²) in [4.78, 5) is 31.6. The summed E-state index contributed by atoms with van der Waals surface area (Å²) >= 11 is 0. The lowest BCUT2D eigenvalue weighted by molar-refractivity contribution is -0.137. The molecule has 0 saturated carbocycles. The molecule has 126 valence electrons. The van der Waals surface area contributed by atoms with Crippen LogP contribution in [0.2, 0.25) is 0 Å². The number of piperidine rings is 1. The minimum absolute atomic E-state index is 0.0161. The molecule has 24 heavy (non-hydrogen) atoms. The van der Waals surface area contributed by atoms with Crippen molar-refractivity contribution in [2.24, 2.45) is 5.92 Å². The Labute approximate surface area is 140 Å². The number of carbonyl (C=O) groups is 2. The molecular formula is C17H20N4O3. The Bertz CT molecular complexity index is 659. The van der Waals surface area contributed by atoms with Gasteiger partial charge in [0.1, 0.15) is 12.2 Å². The molecule has 3 heterocycles. The van der Waals surface area contributed by atoms with Crippen molar-refractivity contribution < 1.29 is 14.3 Å². The van der Waals surface area contributed by atoms with E-state index in [4.69, 9.17) is 10.00 Å². The standard InChI is InChI=1S/C17H20N4O3/c1-20-11-13(8-16(20)22)17(23)21-6-4-14(5-7-21)24-15-3-2-12(9-18)10-19-15/h2-3,10,13-14H,4-8,11H2,1H3/t13-/m1/s1. The van der Waals surface area contributed by atoms with Crippen LogP contribution in [0.1, 0.15) is 24.8 Å². The van der Waals surface area contributed by atoms with Gasteiger partial charge in [-0.3, -0.25) is 9.59 Å². The number of pyridine rings is 1. The molecule has 0 spiro atoms. The average molecular weight is 328 g/mol. The van der Waals surface area contributed by atoms with E-state index in [1.54, 1.807) is 24.1 Å². The topological polar surface area (TPSA) is 86.5 Å². The first kappa shape index (κ1) is 16.2. The summed E-state index contributed by atoms with van der Waals surface area (Å²) in [5, 5.41) is 8.76. The van der Waals surface area contributed by atoms with Crippen LogP contribution in [0.15, 0.2) is 18.3 Å². The molecule has 1 aromatic rings. The summed E-state index contributed by atoms with van der Waals surface area (Å²) in [5.41, 5.74) is 0.499. The maximum Gasteiger partial charge on any atom is 0.227 e. The molecule has 2 saturated heterocycles. The van der Waals surface area contributed by atoms with E-state index in [1.165, 1.54) is 6.20 Å². The van der Waals surface area contributed by atoms with Gasteiger partial charge in [0.15, 0.2) is 0 Å². The van der Waals surface area contributed by atoms with Crippen molar-refractivity contribution in [3.05, 3.63) is 23.9 Å². The van der Waals surface area contributed by atoms with Gasteiger partial charge in [-0.2, -0.15) is 5.26 Å². The Kier molecular flexibility index (Phi) is 4.65. The first-order valence-electron chi connectivity index (χ1n) is 8.12. The zero-order valence-electron chi connectivity index (χ0n) is 13.6. The van der Waals surface area contributed by atoms with Crippen molar-refractivity contribution in [2.45, 2.75) is 25.4 Å². The second-order valence-electron chi connectivity index (χ2n) is 6.31. The van der Waals surface area contributed by atoms with Crippen LogP contribution in [0.4, 0.5) is 0 Å². The van der Waals surface area contributed by atoms with E-state index < -0.39 is 0 Å². The highest BCUT2D eigenvalue weighted by atomic mass is 16.5. The highest BCUT2D eigenvalue weighted by molar-refractivity contribution is 5.89. The molecule has 7 nitrogen and oxygen atoms in total. The normalized spacial score (nSPS) is 21.7.